The molecule has 0 spiro atoms. The molecule has 2 heterocycles. The highest BCUT2D eigenvalue weighted by atomic mass is 32.1. The van der Waals surface area contributed by atoms with E-state index in [9.17, 15) is 4.79 Å². The van der Waals surface area contributed by atoms with Gasteiger partial charge in [-0.3, -0.25) is 0 Å². The molecule has 4 nitrogen and oxygen atoms in total. The van der Waals surface area contributed by atoms with Gasteiger partial charge in [-0.25, -0.2) is 9.78 Å². The molecule has 5 heteroatoms. The fraction of sp³-hybridized carbons (Fsp3) is 0.333. The molecular formula is C12H11NO3S. The topological polar surface area (TPSA) is 63.3 Å². The molecular weight excluding hydrogens is 238 g/mol. The maximum Gasteiger partial charge on any atom is 0.358 e. The Morgan fingerprint density at radius 2 is 2.35 bits per heavy atom. The average molecular weight is 249 g/mol. The van der Waals surface area contributed by atoms with Crippen molar-refractivity contribution < 1.29 is 14.3 Å². The number of aromatic nitrogens is 1. The van der Waals surface area contributed by atoms with Crippen molar-refractivity contribution >= 4 is 17.3 Å². The number of thiophene rings is 1. The van der Waals surface area contributed by atoms with Crippen LogP contribution in [0.2, 0.25) is 0 Å². The molecule has 88 valence electrons. The zero-order valence-corrected chi connectivity index (χ0v) is 9.87. The van der Waals surface area contributed by atoms with Gasteiger partial charge in [0.2, 0.25) is 5.89 Å². The first-order valence-electron chi connectivity index (χ1n) is 5.53. The molecule has 0 unspecified atom stereocenters. The van der Waals surface area contributed by atoms with Crippen LogP contribution in [0.4, 0.5) is 0 Å². The molecule has 0 bridgehead atoms. The Hall–Kier alpha value is -1.62. The van der Waals surface area contributed by atoms with Gasteiger partial charge in [-0.1, -0.05) is 12.5 Å². The highest BCUT2D eigenvalue weighted by molar-refractivity contribution is 7.13. The van der Waals surface area contributed by atoms with Crippen LogP contribution in [0, 0.1) is 0 Å². The van der Waals surface area contributed by atoms with Gasteiger partial charge in [0.1, 0.15) is 5.76 Å². The van der Waals surface area contributed by atoms with Crippen molar-refractivity contribution in [2.45, 2.75) is 25.2 Å². The van der Waals surface area contributed by atoms with Crippen molar-refractivity contribution in [3.63, 3.8) is 0 Å². The maximum atomic E-state index is 11.1. The van der Waals surface area contributed by atoms with Crippen LogP contribution in [0.5, 0.6) is 0 Å². The molecule has 0 radical (unpaired) electrons. The zero-order valence-electron chi connectivity index (χ0n) is 9.05. The summed E-state index contributed by atoms with van der Waals surface area (Å²) in [6.07, 6.45) is 3.14. The van der Waals surface area contributed by atoms with E-state index < -0.39 is 5.97 Å². The van der Waals surface area contributed by atoms with Crippen LogP contribution in [0.3, 0.4) is 0 Å². The molecule has 1 aliphatic rings. The van der Waals surface area contributed by atoms with Crippen molar-refractivity contribution in [2.75, 3.05) is 0 Å². The second-order valence-corrected chi connectivity index (χ2v) is 5.09. The van der Waals surface area contributed by atoms with Gasteiger partial charge >= 0.3 is 5.97 Å². The Morgan fingerprint density at radius 1 is 1.53 bits per heavy atom. The molecule has 3 rings (SSSR count). The molecule has 0 atom stereocenters. The van der Waals surface area contributed by atoms with Gasteiger partial charge in [0.05, 0.1) is 4.88 Å². The largest absolute Gasteiger partial charge is 0.476 e. The number of hydrogen-bond acceptors (Lipinski definition) is 4. The lowest BCUT2D eigenvalue weighted by molar-refractivity contribution is 0.0687. The number of carbonyl (C=O) groups is 1. The minimum atomic E-state index is -1.00. The number of carboxylic acids is 1. The van der Waals surface area contributed by atoms with Crippen molar-refractivity contribution in [1.82, 2.24) is 4.98 Å². The Labute approximate surface area is 102 Å². The van der Waals surface area contributed by atoms with Crippen LogP contribution >= 0.6 is 11.3 Å². The number of nitrogens with zero attached hydrogens (tertiary/aromatic N) is 1. The van der Waals surface area contributed by atoms with E-state index in [0.717, 1.165) is 24.1 Å². The molecule has 0 aromatic carbocycles. The summed E-state index contributed by atoms with van der Waals surface area (Å²) in [4.78, 5) is 16.1. The minimum absolute atomic E-state index is 0.0816. The second-order valence-electron chi connectivity index (χ2n) is 4.14. The fourth-order valence-electron chi connectivity index (χ4n) is 1.94. The highest BCUT2D eigenvalue weighted by Gasteiger charge is 2.30. The SMILES string of the molecule is O=C(O)c1nc(-c2cccs2)oc1C1CCC1. The molecule has 17 heavy (non-hydrogen) atoms. The molecule has 0 aliphatic heterocycles. The quantitative estimate of drug-likeness (QED) is 0.905. The van der Waals surface area contributed by atoms with Crippen molar-refractivity contribution in [3.8, 4) is 10.8 Å². The van der Waals surface area contributed by atoms with E-state index in [1.165, 1.54) is 11.3 Å². The fourth-order valence-corrected chi connectivity index (χ4v) is 2.59. The van der Waals surface area contributed by atoms with Gasteiger partial charge in [-0.15, -0.1) is 11.3 Å². The van der Waals surface area contributed by atoms with E-state index in [4.69, 9.17) is 9.52 Å². The standard InChI is InChI=1S/C12H11NO3S/c14-12(15)9-10(7-3-1-4-7)16-11(13-9)8-5-2-6-17-8/h2,5-7H,1,3-4H2,(H,14,15). The summed E-state index contributed by atoms with van der Waals surface area (Å²) in [5.41, 5.74) is 0.0816. The zero-order chi connectivity index (χ0) is 11.8. The van der Waals surface area contributed by atoms with Crippen LogP contribution in [0.15, 0.2) is 21.9 Å². The molecule has 1 fully saturated rings. The van der Waals surface area contributed by atoms with Gasteiger partial charge < -0.3 is 9.52 Å². The number of rotatable bonds is 3. The van der Waals surface area contributed by atoms with Crippen molar-refractivity contribution in [3.05, 3.63) is 29.0 Å². The number of aromatic carboxylic acids is 1. The summed E-state index contributed by atoms with van der Waals surface area (Å²) in [6.45, 7) is 0. The molecule has 0 saturated heterocycles. The normalized spacial score (nSPS) is 15.8. The monoisotopic (exact) mass is 249 g/mol. The summed E-state index contributed by atoms with van der Waals surface area (Å²) in [5.74, 6) is 0.215. The van der Waals surface area contributed by atoms with Crippen molar-refractivity contribution in [1.29, 1.82) is 0 Å². The summed E-state index contributed by atoms with van der Waals surface area (Å²) >= 11 is 1.50. The molecule has 1 N–H and O–H groups in total. The first-order valence-corrected chi connectivity index (χ1v) is 6.41. The van der Waals surface area contributed by atoms with E-state index >= 15 is 0 Å². The number of hydrogen-bond donors (Lipinski definition) is 1. The van der Waals surface area contributed by atoms with Gasteiger partial charge in [0.15, 0.2) is 5.69 Å². The Morgan fingerprint density at radius 3 is 2.88 bits per heavy atom. The van der Waals surface area contributed by atoms with Crippen LogP contribution in [-0.2, 0) is 0 Å². The van der Waals surface area contributed by atoms with Gasteiger partial charge in [-0.05, 0) is 24.3 Å². The van der Waals surface area contributed by atoms with E-state index in [1.54, 1.807) is 0 Å². The van der Waals surface area contributed by atoms with Crippen LogP contribution in [0.1, 0.15) is 41.4 Å². The summed E-state index contributed by atoms with van der Waals surface area (Å²) in [7, 11) is 0. The summed E-state index contributed by atoms with van der Waals surface area (Å²) < 4.78 is 5.64. The highest BCUT2D eigenvalue weighted by Crippen LogP contribution is 2.40. The predicted molar refractivity (Wildman–Crippen MR) is 63.4 cm³/mol. The minimum Gasteiger partial charge on any atom is -0.476 e. The third kappa shape index (κ3) is 1.76. The first-order chi connectivity index (χ1) is 8.25. The molecule has 0 amide bonds. The van der Waals surface area contributed by atoms with E-state index in [2.05, 4.69) is 4.98 Å². The lowest BCUT2D eigenvalue weighted by Crippen LogP contribution is -2.12. The average Bonchev–Trinajstić information content (AvgIpc) is 2.80. The Kier molecular flexibility index (Phi) is 2.48. The van der Waals surface area contributed by atoms with E-state index in [-0.39, 0.29) is 11.6 Å². The first kappa shape index (κ1) is 10.5. The second kappa shape index (κ2) is 4.00. The third-order valence-corrected chi connectivity index (χ3v) is 3.92. The summed E-state index contributed by atoms with van der Waals surface area (Å²) in [6, 6.07) is 3.78. The van der Waals surface area contributed by atoms with Crippen LogP contribution in [-0.4, -0.2) is 16.1 Å². The van der Waals surface area contributed by atoms with Crippen LogP contribution < -0.4 is 0 Å². The van der Waals surface area contributed by atoms with Crippen LogP contribution in [0.25, 0.3) is 10.8 Å². The Balaban J connectivity index is 2.04. The molecule has 1 aliphatic carbocycles. The van der Waals surface area contributed by atoms with Gasteiger partial charge in [0.25, 0.3) is 0 Å². The van der Waals surface area contributed by atoms with E-state index in [0.29, 0.717) is 11.7 Å². The van der Waals surface area contributed by atoms with Gasteiger partial charge in [0, 0.05) is 5.92 Å². The molecule has 2 aromatic rings. The predicted octanol–water partition coefficient (Wildman–Crippen LogP) is 3.37. The van der Waals surface area contributed by atoms with E-state index in [1.807, 2.05) is 17.5 Å². The maximum absolute atomic E-state index is 11.1. The number of oxazole rings is 1. The van der Waals surface area contributed by atoms with Gasteiger partial charge in [-0.2, -0.15) is 0 Å². The lowest BCUT2D eigenvalue weighted by Gasteiger charge is -2.22. The molecule has 1 saturated carbocycles. The lowest BCUT2D eigenvalue weighted by atomic mass is 9.83. The smallest absolute Gasteiger partial charge is 0.358 e. The van der Waals surface area contributed by atoms with Crippen molar-refractivity contribution in [2.24, 2.45) is 0 Å². The third-order valence-electron chi connectivity index (χ3n) is 3.06. The summed E-state index contributed by atoms with van der Waals surface area (Å²) in [5, 5.41) is 11.0. The number of carboxylic acid groups (broad SMARTS) is 1. The molecule has 2 aromatic heterocycles. The Bertz CT molecular complexity index is 540.